The molecule has 0 aliphatic carbocycles. The summed E-state index contributed by atoms with van der Waals surface area (Å²) in [6.45, 7) is 8.82. The Kier molecular flexibility index (Phi) is 8.22. The minimum Gasteiger partial charge on any atom is -0.444 e. The number of ether oxygens (including phenoxy) is 1. The van der Waals surface area contributed by atoms with Crippen molar-refractivity contribution in [2.75, 3.05) is 18.4 Å². The smallest absolute Gasteiger partial charge is 0.407 e. The Morgan fingerprint density at radius 1 is 1.21 bits per heavy atom. The molecule has 134 valence electrons. The zero-order valence-electron chi connectivity index (χ0n) is 15.1. The highest BCUT2D eigenvalue weighted by molar-refractivity contribution is 6.00. The van der Waals surface area contributed by atoms with E-state index in [0.29, 0.717) is 30.8 Å². The van der Waals surface area contributed by atoms with Crippen molar-refractivity contribution in [1.29, 1.82) is 0 Å². The highest BCUT2D eigenvalue weighted by Gasteiger charge is 2.15. The lowest BCUT2D eigenvalue weighted by atomic mass is 10.1. The van der Waals surface area contributed by atoms with Crippen LogP contribution in [0.2, 0.25) is 0 Å². The van der Waals surface area contributed by atoms with Gasteiger partial charge in [0, 0.05) is 25.7 Å². The van der Waals surface area contributed by atoms with Gasteiger partial charge in [-0.2, -0.15) is 0 Å². The Labute approximate surface area is 144 Å². The Hall–Kier alpha value is -2.11. The van der Waals surface area contributed by atoms with E-state index in [1.54, 1.807) is 18.3 Å². The predicted molar refractivity (Wildman–Crippen MR) is 95.4 cm³/mol. The van der Waals surface area contributed by atoms with Crippen LogP contribution in [0.5, 0.6) is 0 Å². The molecule has 0 saturated carbocycles. The number of anilines is 1. The van der Waals surface area contributed by atoms with Gasteiger partial charge in [0.05, 0.1) is 5.56 Å². The number of ketones is 1. The highest BCUT2D eigenvalue weighted by atomic mass is 16.6. The van der Waals surface area contributed by atoms with E-state index in [0.717, 1.165) is 19.4 Å². The molecule has 1 aromatic heterocycles. The Morgan fingerprint density at radius 2 is 1.96 bits per heavy atom. The molecule has 0 bridgehead atoms. The average molecular weight is 335 g/mol. The van der Waals surface area contributed by atoms with Crippen molar-refractivity contribution in [3.05, 3.63) is 23.9 Å². The molecule has 1 aromatic rings. The van der Waals surface area contributed by atoms with Gasteiger partial charge in [0.2, 0.25) is 0 Å². The van der Waals surface area contributed by atoms with Gasteiger partial charge in [-0.15, -0.1) is 0 Å². The van der Waals surface area contributed by atoms with E-state index in [1.807, 2.05) is 20.8 Å². The van der Waals surface area contributed by atoms with Crippen LogP contribution in [0.15, 0.2) is 18.3 Å². The third-order valence-corrected chi connectivity index (χ3v) is 3.15. The summed E-state index contributed by atoms with van der Waals surface area (Å²) in [5.41, 5.74) is 0.133. The van der Waals surface area contributed by atoms with Crippen LogP contribution in [0.25, 0.3) is 0 Å². The second kappa shape index (κ2) is 9.90. The van der Waals surface area contributed by atoms with Crippen molar-refractivity contribution < 1.29 is 14.3 Å². The molecule has 0 aromatic carbocycles. The van der Waals surface area contributed by atoms with Gasteiger partial charge in [-0.1, -0.05) is 6.92 Å². The first kappa shape index (κ1) is 19.9. The van der Waals surface area contributed by atoms with Crippen molar-refractivity contribution in [1.82, 2.24) is 10.3 Å². The monoisotopic (exact) mass is 335 g/mol. The third kappa shape index (κ3) is 7.94. The fourth-order valence-corrected chi connectivity index (χ4v) is 2.06. The summed E-state index contributed by atoms with van der Waals surface area (Å²) in [7, 11) is 0. The molecule has 1 amide bonds. The lowest BCUT2D eigenvalue weighted by Gasteiger charge is -2.19. The van der Waals surface area contributed by atoms with Crippen LogP contribution in [0.4, 0.5) is 10.6 Å². The van der Waals surface area contributed by atoms with Gasteiger partial charge < -0.3 is 15.4 Å². The SMILES string of the molecule is CCCNc1ncccc1C(=O)CCCCNC(=O)OC(C)(C)C. The molecular formula is C18H29N3O3. The summed E-state index contributed by atoms with van der Waals surface area (Å²) in [4.78, 5) is 28.1. The molecule has 24 heavy (non-hydrogen) atoms. The standard InChI is InChI=1S/C18H29N3O3/c1-5-11-19-16-14(9-8-13-20-16)15(22)10-6-7-12-21-17(23)24-18(2,3)4/h8-9,13H,5-7,10-12H2,1-4H3,(H,19,20)(H,21,23). The highest BCUT2D eigenvalue weighted by Crippen LogP contribution is 2.15. The van der Waals surface area contributed by atoms with Crippen LogP contribution in [-0.2, 0) is 4.74 Å². The summed E-state index contributed by atoms with van der Waals surface area (Å²) in [5.74, 6) is 0.718. The Bertz CT molecular complexity index is 539. The number of Topliss-reactive ketones (excluding diaryl/α,β-unsaturated/α-hetero) is 1. The van der Waals surface area contributed by atoms with Crippen LogP contribution in [0.1, 0.15) is 63.7 Å². The first-order chi connectivity index (χ1) is 11.3. The van der Waals surface area contributed by atoms with Gasteiger partial charge in [0.1, 0.15) is 11.4 Å². The predicted octanol–water partition coefficient (Wildman–Crippen LogP) is 3.78. The fourth-order valence-electron chi connectivity index (χ4n) is 2.06. The number of hydrogen-bond donors (Lipinski definition) is 2. The summed E-state index contributed by atoms with van der Waals surface area (Å²) in [6, 6.07) is 3.57. The molecule has 0 unspecified atom stereocenters. The first-order valence-electron chi connectivity index (χ1n) is 8.52. The maximum absolute atomic E-state index is 12.3. The number of pyridine rings is 1. The molecule has 0 aliphatic rings. The molecule has 2 N–H and O–H groups in total. The molecule has 0 fully saturated rings. The molecule has 0 saturated heterocycles. The largest absolute Gasteiger partial charge is 0.444 e. The molecule has 0 atom stereocenters. The number of aromatic nitrogens is 1. The zero-order chi connectivity index (χ0) is 18.0. The minimum atomic E-state index is -0.498. The van der Waals surface area contributed by atoms with Crippen LogP contribution in [0.3, 0.4) is 0 Å². The zero-order valence-corrected chi connectivity index (χ0v) is 15.1. The molecule has 0 radical (unpaired) electrons. The number of amides is 1. The lowest BCUT2D eigenvalue weighted by molar-refractivity contribution is 0.0527. The molecule has 0 aliphatic heterocycles. The van der Waals surface area contributed by atoms with Gasteiger partial charge >= 0.3 is 6.09 Å². The van der Waals surface area contributed by atoms with Crippen molar-refractivity contribution in [2.24, 2.45) is 0 Å². The Balaban J connectivity index is 2.33. The normalized spacial score (nSPS) is 11.0. The van der Waals surface area contributed by atoms with E-state index in [-0.39, 0.29) is 5.78 Å². The first-order valence-corrected chi connectivity index (χ1v) is 8.52. The number of alkyl carbamates (subject to hydrolysis) is 1. The van der Waals surface area contributed by atoms with Crippen molar-refractivity contribution in [2.45, 2.75) is 59.0 Å². The number of hydrogen-bond acceptors (Lipinski definition) is 5. The topological polar surface area (TPSA) is 80.3 Å². The average Bonchev–Trinajstić information content (AvgIpc) is 2.51. The van der Waals surface area contributed by atoms with Crippen LogP contribution in [0, 0.1) is 0 Å². The molecular weight excluding hydrogens is 306 g/mol. The third-order valence-electron chi connectivity index (χ3n) is 3.15. The van der Waals surface area contributed by atoms with E-state index in [9.17, 15) is 9.59 Å². The summed E-state index contributed by atoms with van der Waals surface area (Å²) < 4.78 is 5.15. The minimum absolute atomic E-state index is 0.0685. The molecule has 0 spiro atoms. The summed E-state index contributed by atoms with van der Waals surface area (Å²) in [5, 5.41) is 5.87. The van der Waals surface area contributed by atoms with Gasteiger partial charge in [0.25, 0.3) is 0 Å². The number of unbranched alkanes of at least 4 members (excludes halogenated alkanes) is 1. The van der Waals surface area contributed by atoms with Crippen LogP contribution in [-0.4, -0.2) is 35.6 Å². The Morgan fingerprint density at radius 3 is 2.62 bits per heavy atom. The quantitative estimate of drug-likeness (QED) is 0.530. The maximum atomic E-state index is 12.3. The van der Waals surface area contributed by atoms with E-state index in [1.165, 1.54) is 0 Å². The number of rotatable bonds is 9. The number of carbonyl (C=O) groups is 2. The van der Waals surface area contributed by atoms with Crippen molar-refractivity contribution >= 4 is 17.7 Å². The van der Waals surface area contributed by atoms with E-state index < -0.39 is 11.7 Å². The van der Waals surface area contributed by atoms with Crippen LogP contribution >= 0.6 is 0 Å². The second-order valence-electron chi connectivity index (χ2n) is 6.64. The van der Waals surface area contributed by atoms with Gasteiger partial charge in [-0.25, -0.2) is 9.78 Å². The van der Waals surface area contributed by atoms with Gasteiger partial charge in [0.15, 0.2) is 5.78 Å². The molecule has 1 rings (SSSR count). The van der Waals surface area contributed by atoms with E-state index >= 15 is 0 Å². The summed E-state index contributed by atoms with van der Waals surface area (Å²) >= 11 is 0. The molecule has 1 heterocycles. The number of nitrogens with zero attached hydrogens (tertiary/aromatic N) is 1. The van der Waals surface area contributed by atoms with E-state index in [2.05, 4.69) is 22.5 Å². The van der Waals surface area contributed by atoms with E-state index in [4.69, 9.17) is 4.74 Å². The molecule has 6 heteroatoms. The van der Waals surface area contributed by atoms with Crippen molar-refractivity contribution in [3.8, 4) is 0 Å². The molecule has 6 nitrogen and oxygen atoms in total. The fraction of sp³-hybridized carbons (Fsp3) is 0.611. The second-order valence-corrected chi connectivity index (χ2v) is 6.64. The van der Waals surface area contributed by atoms with Crippen molar-refractivity contribution in [3.63, 3.8) is 0 Å². The lowest BCUT2D eigenvalue weighted by Crippen LogP contribution is -2.33. The van der Waals surface area contributed by atoms with Gasteiger partial charge in [-0.3, -0.25) is 4.79 Å². The summed E-state index contributed by atoms with van der Waals surface area (Å²) in [6.07, 6.45) is 4.09. The number of carbonyl (C=O) groups excluding carboxylic acids is 2. The number of nitrogens with one attached hydrogen (secondary N) is 2. The maximum Gasteiger partial charge on any atom is 0.407 e. The van der Waals surface area contributed by atoms with Gasteiger partial charge in [-0.05, 0) is 52.2 Å². The van der Waals surface area contributed by atoms with Crippen LogP contribution < -0.4 is 10.6 Å².